The van der Waals surface area contributed by atoms with Crippen LogP contribution in [-0.2, 0) is 12.8 Å². The van der Waals surface area contributed by atoms with Gasteiger partial charge in [-0.15, -0.1) is 0 Å². The molecule has 180 valence electrons. The van der Waals surface area contributed by atoms with E-state index in [1.54, 1.807) is 10.9 Å². The minimum atomic E-state index is 0.0818. The van der Waals surface area contributed by atoms with Crippen LogP contribution in [0, 0.1) is 0 Å². The molecule has 1 saturated heterocycles. The number of piperidine rings is 1. The molecule has 0 unspecified atom stereocenters. The molecule has 6 rings (SSSR count). The van der Waals surface area contributed by atoms with E-state index in [1.165, 1.54) is 5.56 Å². The minimum absolute atomic E-state index is 0.0818. The van der Waals surface area contributed by atoms with Gasteiger partial charge in [0.05, 0.1) is 5.69 Å². The Bertz CT molecular complexity index is 1450. The zero-order valence-electron chi connectivity index (χ0n) is 20.1. The number of benzene rings is 2. The second-order valence-electron chi connectivity index (χ2n) is 9.25. The summed E-state index contributed by atoms with van der Waals surface area (Å²) in [6, 6.07) is 24.3. The number of nitrogens with zero attached hydrogens (tertiary/aromatic N) is 6. The van der Waals surface area contributed by atoms with E-state index in [0.29, 0.717) is 5.56 Å². The van der Waals surface area contributed by atoms with E-state index >= 15 is 0 Å². The number of rotatable bonds is 6. The molecule has 5 aromatic rings. The van der Waals surface area contributed by atoms with Gasteiger partial charge in [0.15, 0.2) is 5.65 Å². The Morgan fingerprint density at radius 1 is 0.861 bits per heavy atom. The molecule has 2 aromatic carbocycles. The van der Waals surface area contributed by atoms with Crippen molar-refractivity contribution in [2.24, 2.45) is 0 Å². The average molecular weight is 477 g/mol. The number of carbonyl (C=O) groups excluding carboxylic acids is 1. The molecule has 1 amide bonds. The maximum atomic E-state index is 13.2. The summed E-state index contributed by atoms with van der Waals surface area (Å²) in [7, 11) is 0. The molecular weight excluding hydrogens is 448 g/mol. The molecule has 0 saturated carbocycles. The van der Waals surface area contributed by atoms with Gasteiger partial charge in [-0.25, -0.2) is 14.6 Å². The fraction of sp³-hybridized carbons (Fsp3) is 0.241. The van der Waals surface area contributed by atoms with Gasteiger partial charge in [-0.3, -0.25) is 4.79 Å². The number of hydrogen-bond donors (Lipinski definition) is 0. The van der Waals surface area contributed by atoms with Gasteiger partial charge >= 0.3 is 0 Å². The molecule has 36 heavy (non-hydrogen) atoms. The summed E-state index contributed by atoms with van der Waals surface area (Å²) >= 11 is 0. The third kappa shape index (κ3) is 4.40. The van der Waals surface area contributed by atoms with E-state index in [0.717, 1.165) is 61.4 Å². The van der Waals surface area contributed by atoms with Crippen LogP contribution in [0.1, 0.15) is 40.6 Å². The van der Waals surface area contributed by atoms with E-state index < -0.39 is 0 Å². The van der Waals surface area contributed by atoms with Crippen LogP contribution in [0.25, 0.3) is 16.9 Å². The molecule has 3 aromatic heterocycles. The Kier molecular flexibility index (Phi) is 6.03. The number of aromatic nitrogens is 5. The van der Waals surface area contributed by atoms with Gasteiger partial charge in [0.25, 0.3) is 5.91 Å². The number of fused-ring (bicyclic) bond motifs is 1. The van der Waals surface area contributed by atoms with E-state index in [2.05, 4.69) is 38.9 Å². The number of aryl methyl sites for hydroxylation is 2. The molecule has 1 fully saturated rings. The molecule has 0 bridgehead atoms. The fourth-order valence-electron chi connectivity index (χ4n) is 5.13. The highest BCUT2D eigenvalue weighted by atomic mass is 16.2. The standard InChI is InChI=1S/C29H28N6O/c36-29(23-10-12-24(13-11-23)34-19-5-18-31-34)33-20-15-25(16-21-33)35-27(14-9-22-6-2-1-3-7-22)32-26-8-4-17-30-28(26)35/h1-8,10-13,17-19,25H,9,14-16,20-21H2. The summed E-state index contributed by atoms with van der Waals surface area (Å²) in [4.78, 5) is 24.8. The van der Waals surface area contributed by atoms with Gasteiger partial charge in [0.2, 0.25) is 0 Å². The molecule has 0 radical (unpaired) electrons. The zero-order valence-corrected chi connectivity index (χ0v) is 20.1. The summed E-state index contributed by atoms with van der Waals surface area (Å²) in [5.74, 6) is 1.16. The van der Waals surface area contributed by atoms with Gasteiger partial charge in [0.1, 0.15) is 11.3 Å². The fourth-order valence-corrected chi connectivity index (χ4v) is 5.13. The lowest BCUT2D eigenvalue weighted by molar-refractivity contribution is 0.0695. The molecule has 7 heteroatoms. The van der Waals surface area contributed by atoms with E-state index in [9.17, 15) is 4.79 Å². The Balaban J connectivity index is 1.17. The van der Waals surface area contributed by atoms with Crippen molar-refractivity contribution in [2.75, 3.05) is 13.1 Å². The minimum Gasteiger partial charge on any atom is -0.338 e. The summed E-state index contributed by atoms with van der Waals surface area (Å²) in [6.07, 6.45) is 9.06. The molecule has 0 N–H and O–H groups in total. The van der Waals surface area contributed by atoms with Crippen molar-refractivity contribution in [3.63, 3.8) is 0 Å². The first kappa shape index (κ1) is 22.2. The zero-order chi connectivity index (χ0) is 24.3. The van der Waals surface area contributed by atoms with Crippen molar-refractivity contribution < 1.29 is 4.79 Å². The first-order valence-corrected chi connectivity index (χ1v) is 12.5. The molecular formula is C29H28N6O. The van der Waals surface area contributed by atoms with Crippen molar-refractivity contribution in [3.8, 4) is 5.69 Å². The maximum absolute atomic E-state index is 13.2. The lowest BCUT2D eigenvalue weighted by Gasteiger charge is -2.33. The molecule has 1 aliphatic heterocycles. The number of hydrogen-bond acceptors (Lipinski definition) is 4. The molecule has 0 atom stereocenters. The van der Waals surface area contributed by atoms with Crippen molar-refractivity contribution >= 4 is 17.1 Å². The third-order valence-corrected chi connectivity index (χ3v) is 7.00. The second kappa shape index (κ2) is 9.77. The van der Waals surface area contributed by atoms with Crippen molar-refractivity contribution in [1.82, 2.24) is 29.2 Å². The van der Waals surface area contributed by atoms with Gasteiger partial charge < -0.3 is 9.47 Å². The van der Waals surface area contributed by atoms with Crippen LogP contribution in [0.5, 0.6) is 0 Å². The van der Waals surface area contributed by atoms with Crippen molar-refractivity contribution in [3.05, 3.63) is 108 Å². The second-order valence-corrected chi connectivity index (χ2v) is 9.25. The van der Waals surface area contributed by atoms with Crippen LogP contribution in [-0.4, -0.2) is 48.2 Å². The molecule has 7 nitrogen and oxygen atoms in total. The Morgan fingerprint density at radius 3 is 2.42 bits per heavy atom. The van der Waals surface area contributed by atoms with E-state index in [1.807, 2.05) is 65.8 Å². The van der Waals surface area contributed by atoms with Gasteiger partial charge in [-0.05, 0) is 67.3 Å². The summed E-state index contributed by atoms with van der Waals surface area (Å²) < 4.78 is 4.12. The van der Waals surface area contributed by atoms with Crippen LogP contribution in [0.15, 0.2) is 91.4 Å². The smallest absolute Gasteiger partial charge is 0.253 e. The number of carbonyl (C=O) groups is 1. The van der Waals surface area contributed by atoms with Crippen LogP contribution in [0.3, 0.4) is 0 Å². The van der Waals surface area contributed by atoms with Gasteiger partial charge in [-0.2, -0.15) is 5.10 Å². The topological polar surface area (TPSA) is 68.8 Å². The lowest BCUT2D eigenvalue weighted by Crippen LogP contribution is -2.39. The predicted octanol–water partition coefficient (Wildman–Crippen LogP) is 4.88. The highest BCUT2D eigenvalue weighted by Crippen LogP contribution is 2.29. The maximum Gasteiger partial charge on any atom is 0.253 e. The summed E-state index contributed by atoms with van der Waals surface area (Å²) in [6.45, 7) is 1.43. The number of imidazole rings is 1. The monoisotopic (exact) mass is 476 g/mol. The van der Waals surface area contributed by atoms with E-state index in [4.69, 9.17) is 4.98 Å². The van der Waals surface area contributed by atoms with Crippen LogP contribution < -0.4 is 0 Å². The van der Waals surface area contributed by atoms with E-state index in [-0.39, 0.29) is 11.9 Å². The average Bonchev–Trinajstić information content (AvgIpc) is 3.61. The SMILES string of the molecule is O=C(c1ccc(-n2cccn2)cc1)N1CCC(n2c(CCc3ccccc3)nc3cccnc32)CC1. The Hall–Kier alpha value is -4.26. The summed E-state index contributed by atoms with van der Waals surface area (Å²) in [5, 5.41) is 4.25. The van der Waals surface area contributed by atoms with Crippen LogP contribution in [0.4, 0.5) is 0 Å². The molecule has 4 heterocycles. The first-order chi connectivity index (χ1) is 17.8. The largest absolute Gasteiger partial charge is 0.338 e. The molecule has 1 aliphatic rings. The Morgan fingerprint density at radius 2 is 1.67 bits per heavy atom. The first-order valence-electron chi connectivity index (χ1n) is 12.5. The lowest BCUT2D eigenvalue weighted by atomic mass is 10.0. The number of likely N-dealkylation sites (tertiary alicyclic amines) is 1. The van der Waals surface area contributed by atoms with Crippen LogP contribution >= 0.6 is 0 Å². The highest BCUT2D eigenvalue weighted by Gasteiger charge is 2.27. The van der Waals surface area contributed by atoms with Crippen molar-refractivity contribution in [1.29, 1.82) is 0 Å². The normalized spacial score (nSPS) is 14.4. The van der Waals surface area contributed by atoms with Gasteiger partial charge in [0, 0.05) is 49.7 Å². The number of pyridine rings is 1. The number of amides is 1. The molecule has 0 spiro atoms. The third-order valence-electron chi connectivity index (χ3n) is 7.00. The highest BCUT2D eigenvalue weighted by molar-refractivity contribution is 5.94. The Labute approximate surface area is 210 Å². The molecule has 0 aliphatic carbocycles. The van der Waals surface area contributed by atoms with Gasteiger partial charge in [-0.1, -0.05) is 30.3 Å². The predicted molar refractivity (Wildman–Crippen MR) is 139 cm³/mol. The quantitative estimate of drug-likeness (QED) is 0.350. The summed E-state index contributed by atoms with van der Waals surface area (Å²) in [5.41, 5.74) is 4.85. The van der Waals surface area contributed by atoms with Crippen molar-refractivity contribution in [2.45, 2.75) is 31.7 Å². The van der Waals surface area contributed by atoms with Crippen LogP contribution in [0.2, 0.25) is 0 Å².